The van der Waals surface area contributed by atoms with Crippen molar-refractivity contribution >= 4 is 40.1 Å². The van der Waals surface area contributed by atoms with Gasteiger partial charge in [0, 0.05) is 5.02 Å². The minimum atomic E-state index is -0.934. The van der Waals surface area contributed by atoms with Crippen LogP contribution in [0.1, 0.15) is 19.9 Å². The third-order valence-electron chi connectivity index (χ3n) is 2.71. The van der Waals surface area contributed by atoms with Gasteiger partial charge in [-0.3, -0.25) is 14.2 Å². The second-order valence-electron chi connectivity index (χ2n) is 4.10. The number of anilines is 1. The van der Waals surface area contributed by atoms with Crippen LogP contribution in [-0.2, 0) is 9.59 Å². The molecule has 1 heterocycles. The molecule has 2 rings (SSSR count). The summed E-state index contributed by atoms with van der Waals surface area (Å²) in [6.45, 7) is 2.71. The van der Waals surface area contributed by atoms with Gasteiger partial charge >= 0.3 is 0 Å². The number of Topliss-reactive ketones (excluding diaryl/α,β-unsaturated/α-hetero) is 2. The summed E-state index contributed by atoms with van der Waals surface area (Å²) in [5, 5.41) is 0.523. The minimum Gasteiger partial charge on any atom is -0.369 e. The van der Waals surface area contributed by atoms with Gasteiger partial charge in [-0.1, -0.05) is 11.6 Å². The molecule has 0 unspecified atom stereocenters. The van der Waals surface area contributed by atoms with E-state index in [0.29, 0.717) is 16.1 Å². The maximum Gasteiger partial charge on any atom is 0.202 e. The van der Waals surface area contributed by atoms with Gasteiger partial charge in [-0.2, -0.15) is 0 Å². The fourth-order valence-electron chi connectivity index (χ4n) is 2.01. The Labute approximate surface area is 109 Å². The second kappa shape index (κ2) is 4.42. The average molecular weight is 266 g/mol. The van der Waals surface area contributed by atoms with Crippen LogP contribution in [0.25, 0.3) is 11.0 Å². The highest BCUT2D eigenvalue weighted by Gasteiger charge is 2.25. The van der Waals surface area contributed by atoms with E-state index in [-0.39, 0.29) is 17.5 Å². The fourth-order valence-corrected chi connectivity index (χ4v) is 2.18. The van der Waals surface area contributed by atoms with E-state index >= 15 is 0 Å². The van der Waals surface area contributed by atoms with Crippen LogP contribution < -0.4 is 5.73 Å². The van der Waals surface area contributed by atoms with Gasteiger partial charge in [-0.15, -0.1) is 0 Å². The van der Waals surface area contributed by atoms with Crippen molar-refractivity contribution in [3.8, 4) is 0 Å². The molecule has 0 saturated carbocycles. The Balaban J connectivity index is 2.73. The molecule has 0 aliphatic carbocycles. The highest BCUT2D eigenvalue weighted by atomic mass is 35.5. The number of imidazole rings is 1. The highest BCUT2D eigenvalue weighted by molar-refractivity contribution is 6.31. The number of hydrogen-bond acceptors (Lipinski definition) is 4. The third-order valence-corrected chi connectivity index (χ3v) is 2.94. The molecule has 6 heteroatoms. The van der Waals surface area contributed by atoms with E-state index in [0.717, 1.165) is 0 Å². The zero-order valence-electron chi connectivity index (χ0n) is 9.98. The van der Waals surface area contributed by atoms with E-state index in [1.807, 2.05) is 0 Å². The Morgan fingerprint density at radius 2 is 1.94 bits per heavy atom. The smallest absolute Gasteiger partial charge is 0.202 e. The van der Waals surface area contributed by atoms with E-state index in [2.05, 4.69) is 4.98 Å². The SMILES string of the molecule is CC(=O)C(C(C)=O)n1c(N)nc2cc(Cl)ccc21. The number of nitrogen functional groups attached to an aromatic ring is 1. The highest BCUT2D eigenvalue weighted by Crippen LogP contribution is 2.26. The molecule has 0 spiro atoms. The Morgan fingerprint density at radius 1 is 1.33 bits per heavy atom. The molecule has 0 saturated heterocycles. The Bertz CT molecular complexity index is 634. The molecular weight excluding hydrogens is 254 g/mol. The number of nitrogens with two attached hydrogens (primary N) is 1. The number of carbonyl (C=O) groups excluding carboxylic acids is 2. The lowest BCUT2D eigenvalue weighted by Crippen LogP contribution is -2.25. The van der Waals surface area contributed by atoms with Gasteiger partial charge in [-0.05, 0) is 32.0 Å². The number of rotatable bonds is 3. The van der Waals surface area contributed by atoms with Crippen molar-refractivity contribution in [3.63, 3.8) is 0 Å². The summed E-state index contributed by atoms with van der Waals surface area (Å²) in [6.07, 6.45) is 0. The predicted molar refractivity (Wildman–Crippen MR) is 69.6 cm³/mol. The molecule has 2 aromatic rings. The first-order valence-corrected chi connectivity index (χ1v) is 5.73. The van der Waals surface area contributed by atoms with Crippen molar-refractivity contribution in [2.75, 3.05) is 5.73 Å². The zero-order chi connectivity index (χ0) is 13.4. The summed E-state index contributed by atoms with van der Waals surface area (Å²) >= 11 is 5.86. The molecule has 2 N–H and O–H groups in total. The summed E-state index contributed by atoms with van der Waals surface area (Å²) in [6, 6.07) is 4.07. The quantitative estimate of drug-likeness (QED) is 0.861. The van der Waals surface area contributed by atoms with Crippen molar-refractivity contribution in [3.05, 3.63) is 23.2 Å². The molecule has 5 nitrogen and oxygen atoms in total. The van der Waals surface area contributed by atoms with Crippen LogP contribution in [0.3, 0.4) is 0 Å². The molecule has 1 aromatic carbocycles. The van der Waals surface area contributed by atoms with Gasteiger partial charge in [0.05, 0.1) is 11.0 Å². The topological polar surface area (TPSA) is 78.0 Å². The summed E-state index contributed by atoms with van der Waals surface area (Å²) in [5.74, 6) is -0.422. The molecule has 0 fully saturated rings. The number of halogens is 1. The van der Waals surface area contributed by atoms with Gasteiger partial charge in [0.1, 0.15) is 0 Å². The number of benzene rings is 1. The van der Waals surface area contributed by atoms with E-state index in [1.165, 1.54) is 18.4 Å². The van der Waals surface area contributed by atoms with Crippen LogP contribution in [0.15, 0.2) is 18.2 Å². The first kappa shape index (κ1) is 12.6. The maximum absolute atomic E-state index is 11.6. The molecule has 0 aliphatic heterocycles. The Hall–Kier alpha value is -1.88. The van der Waals surface area contributed by atoms with Gasteiger partial charge in [0.25, 0.3) is 0 Å². The number of carbonyl (C=O) groups is 2. The Kier molecular flexibility index (Phi) is 3.09. The van der Waals surface area contributed by atoms with Crippen molar-refractivity contribution < 1.29 is 9.59 Å². The lowest BCUT2D eigenvalue weighted by Gasteiger charge is -2.14. The molecule has 0 radical (unpaired) electrons. The molecule has 0 bridgehead atoms. The third kappa shape index (κ3) is 1.97. The molecule has 0 amide bonds. The first-order chi connectivity index (χ1) is 8.41. The molecular formula is C12H12ClN3O2. The van der Waals surface area contributed by atoms with Crippen LogP contribution in [-0.4, -0.2) is 21.1 Å². The lowest BCUT2D eigenvalue weighted by atomic mass is 10.1. The summed E-state index contributed by atoms with van der Waals surface area (Å²) < 4.78 is 1.44. The van der Waals surface area contributed by atoms with Crippen LogP contribution in [0, 0.1) is 0 Å². The first-order valence-electron chi connectivity index (χ1n) is 5.35. The number of hydrogen-bond donors (Lipinski definition) is 1. The summed E-state index contributed by atoms with van der Waals surface area (Å²) in [5.41, 5.74) is 6.96. The van der Waals surface area contributed by atoms with Gasteiger partial charge < -0.3 is 5.73 Å². The normalized spacial score (nSPS) is 11.1. The van der Waals surface area contributed by atoms with E-state index in [4.69, 9.17) is 17.3 Å². The molecule has 0 atom stereocenters. The van der Waals surface area contributed by atoms with E-state index in [1.54, 1.807) is 18.2 Å². The van der Waals surface area contributed by atoms with Crippen molar-refractivity contribution in [1.82, 2.24) is 9.55 Å². The molecule has 1 aromatic heterocycles. The minimum absolute atomic E-state index is 0.127. The van der Waals surface area contributed by atoms with Crippen molar-refractivity contribution in [2.24, 2.45) is 0 Å². The predicted octanol–water partition coefficient (Wildman–Crippen LogP) is 1.99. The second-order valence-corrected chi connectivity index (χ2v) is 4.53. The van der Waals surface area contributed by atoms with Crippen LogP contribution >= 0.6 is 11.6 Å². The van der Waals surface area contributed by atoms with E-state index < -0.39 is 6.04 Å². The Morgan fingerprint density at radius 3 is 2.50 bits per heavy atom. The summed E-state index contributed by atoms with van der Waals surface area (Å²) in [4.78, 5) is 27.3. The van der Waals surface area contributed by atoms with Crippen LogP contribution in [0.4, 0.5) is 5.95 Å². The van der Waals surface area contributed by atoms with Gasteiger partial charge in [0.15, 0.2) is 17.6 Å². The van der Waals surface area contributed by atoms with Gasteiger partial charge in [-0.25, -0.2) is 4.98 Å². The molecule has 18 heavy (non-hydrogen) atoms. The van der Waals surface area contributed by atoms with Crippen LogP contribution in [0.2, 0.25) is 5.02 Å². The van der Waals surface area contributed by atoms with Crippen molar-refractivity contribution in [1.29, 1.82) is 0 Å². The number of ketones is 2. The number of aromatic nitrogens is 2. The van der Waals surface area contributed by atoms with Crippen LogP contribution in [0.5, 0.6) is 0 Å². The molecule has 94 valence electrons. The van der Waals surface area contributed by atoms with Crippen molar-refractivity contribution in [2.45, 2.75) is 19.9 Å². The lowest BCUT2D eigenvalue weighted by molar-refractivity contribution is -0.129. The maximum atomic E-state index is 11.6. The monoisotopic (exact) mass is 265 g/mol. The standard InChI is InChI=1S/C12H12ClN3O2/c1-6(17)11(7(2)18)16-10-4-3-8(13)5-9(10)15-12(16)14/h3-5,11H,1-2H3,(H2,14,15). The number of nitrogens with zero attached hydrogens (tertiary/aromatic N) is 2. The summed E-state index contributed by atoms with van der Waals surface area (Å²) in [7, 11) is 0. The average Bonchev–Trinajstić information content (AvgIpc) is 2.54. The largest absolute Gasteiger partial charge is 0.369 e. The zero-order valence-corrected chi connectivity index (χ0v) is 10.7. The van der Waals surface area contributed by atoms with Gasteiger partial charge in [0.2, 0.25) is 5.95 Å². The number of fused-ring (bicyclic) bond motifs is 1. The van der Waals surface area contributed by atoms with E-state index in [9.17, 15) is 9.59 Å². The fraction of sp³-hybridized carbons (Fsp3) is 0.250. The molecule has 0 aliphatic rings.